The van der Waals surface area contributed by atoms with Crippen LogP contribution in [0.25, 0.3) is 45.1 Å². The molecule has 0 aliphatic carbocycles. The minimum atomic E-state index is -2.70. The zero-order valence-corrected chi connectivity index (χ0v) is 23.4. The van der Waals surface area contributed by atoms with Gasteiger partial charge in [-0.3, -0.25) is 4.99 Å². The minimum Gasteiger partial charge on any atom is -0.488 e. The summed E-state index contributed by atoms with van der Waals surface area (Å²) in [6.45, 7) is 7.24. The van der Waals surface area contributed by atoms with Crippen LogP contribution in [-0.4, -0.2) is 40.2 Å². The third-order valence-corrected chi connectivity index (χ3v) is 8.50. The summed E-state index contributed by atoms with van der Waals surface area (Å²) in [6.07, 6.45) is 3.52. The van der Waals surface area contributed by atoms with E-state index in [9.17, 15) is 17.3 Å². The molecule has 208 valence electrons. The van der Waals surface area contributed by atoms with E-state index in [-0.39, 0.29) is 0 Å². The first-order valence-electron chi connectivity index (χ1n) is 13.7. The van der Waals surface area contributed by atoms with Crippen LogP contribution in [0, 0.1) is 13.8 Å². The summed E-state index contributed by atoms with van der Waals surface area (Å²) in [6, 6.07) is 18.8. The van der Waals surface area contributed by atoms with Gasteiger partial charge in [0.15, 0.2) is 5.70 Å². The van der Waals surface area contributed by atoms with Crippen LogP contribution in [0.3, 0.4) is 0 Å². The SMILES string of the molecule is CC1=NC(=Cc2c3ccccc3c(C)n2[B-](F)F)c2cc3c(C)[nH]c(C=C4c5ccccc5C(C)=[N+]4[B-](F)F)c3cc21. The molecule has 0 amide bonds. The number of aromatic amines is 1. The second-order valence-corrected chi connectivity index (χ2v) is 10.8. The summed E-state index contributed by atoms with van der Waals surface area (Å²) in [4.78, 5) is 8.19. The van der Waals surface area contributed by atoms with Crippen LogP contribution < -0.4 is 0 Å². The Balaban J connectivity index is 1.41. The van der Waals surface area contributed by atoms with E-state index in [0.29, 0.717) is 34.2 Å². The Labute approximate surface area is 240 Å². The quantitative estimate of drug-likeness (QED) is 0.170. The highest BCUT2D eigenvalue weighted by atomic mass is 19.2. The van der Waals surface area contributed by atoms with Crippen molar-refractivity contribution in [3.8, 4) is 0 Å². The molecule has 5 aromatic rings. The van der Waals surface area contributed by atoms with Crippen LogP contribution in [0.15, 0.2) is 65.7 Å². The van der Waals surface area contributed by atoms with Crippen molar-refractivity contribution in [2.24, 2.45) is 4.99 Å². The van der Waals surface area contributed by atoms with Gasteiger partial charge in [0, 0.05) is 62.9 Å². The van der Waals surface area contributed by atoms with Crippen molar-refractivity contribution in [1.82, 2.24) is 9.46 Å². The molecule has 0 atom stereocenters. The first kappa shape index (κ1) is 26.3. The van der Waals surface area contributed by atoms with E-state index in [2.05, 4.69) is 4.98 Å². The van der Waals surface area contributed by atoms with Gasteiger partial charge in [-0.15, -0.1) is 0 Å². The van der Waals surface area contributed by atoms with Crippen LogP contribution in [0.4, 0.5) is 17.3 Å². The van der Waals surface area contributed by atoms with Gasteiger partial charge in [0.05, 0.1) is 17.0 Å². The fourth-order valence-corrected chi connectivity index (χ4v) is 6.49. The molecule has 4 nitrogen and oxygen atoms in total. The van der Waals surface area contributed by atoms with E-state index in [4.69, 9.17) is 4.99 Å². The van der Waals surface area contributed by atoms with Crippen molar-refractivity contribution in [2.75, 3.05) is 0 Å². The predicted octanol–water partition coefficient (Wildman–Crippen LogP) is 8.09. The molecule has 7 rings (SSSR count). The molecule has 0 saturated carbocycles. The summed E-state index contributed by atoms with van der Waals surface area (Å²) in [7, 11) is -5.39. The first-order valence-corrected chi connectivity index (χ1v) is 13.7. The highest BCUT2D eigenvalue weighted by Gasteiger charge is 2.33. The van der Waals surface area contributed by atoms with Gasteiger partial charge in [0.1, 0.15) is 5.71 Å². The summed E-state index contributed by atoms with van der Waals surface area (Å²) in [5, 5.41) is 3.31. The highest BCUT2D eigenvalue weighted by molar-refractivity contribution is 6.42. The van der Waals surface area contributed by atoms with Gasteiger partial charge in [-0.1, -0.05) is 36.4 Å². The van der Waals surface area contributed by atoms with E-state index >= 15 is 0 Å². The van der Waals surface area contributed by atoms with E-state index in [0.717, 1.165) is 64.2 Å². The first-order chi connectivity index (χ1) is 20.2. The van der Waals surface area contributed by atoms with E-state index in [1.807, 2.05) is 74.5 Å². The molecule has 2 aromatic heterocycles. The Hall–Kier alpha value is -4.59. The van der Waals surface area contributed by atoms with Crippen molar-refractivity contribution >= 4 is 71.3 Å². The Bertz CT molecular complexity index is 2100. The predicted molar refractivity (Wildman–Crippen MR) is 165 cm³/mol. The standard InChI is InChI=1S/C32H25B2F4N4/c1-17-25-13-28-26(18(2)40-30(28)16-32-24-12-8-6-10-22(24)20(4)42(32)34(37)38)14-27(25)29(39-17)15-31-23-11-7-5-9-21(23)19(3)41(31)33(35)36/h5-16,39H,1-4H3/q-1. The molecule has 0 spiro atoms. The molecule has 2 radical (unpaired) electrons. The largest absolute Gasteiger partial charge is 0.609 e. The van der Waals surface area contributed by atoms with Crippen LogP contribution in [0.5, 0.6) is 0 Å². The third kappa shape index (κ3) is 3.77. The van der Waals surface area contributed by atoms with Crippen molar-refractivity contribution in [2.45, 2.75) is 27.7 Å². The van der Waals surface area contributed by atoms with E-state index in [1.165, 1.54) is 0 Å². The van der Waals surface area contributed by atoms with Gasteiger partial charge in [-0.2, -0.15) is 0 Å². The van der Waals surface area contributed by atoms with Gasteiger partial charge in [-0.05, 0) is 62.2 Å². The normalized spacial score (nSPS) is 16.7. The molecule has 0 bridgehead atoms. The van der Waals surface area contributed by atoms with Gasteiger partial charge in [0.25, 0.3) is 0 Å². The topological polar surface area (TPSA) is 36.1 Å². The Morgan fingerprint density at radius 2 is 1.43 bits per heavy atom. The molecule has 0 unspecified atom stereocenters. The van der Waals surface area contributed by atoms with Crippen molar-refractivity contribution in [3.05, 3.63) is 106 Å². The lowest BCUT2D eigenvalue weighted by molar-refractivity contribution is -0.296. The fraction of sp³-hybridized carbons (Fsp3) is 0.125. The number of nitrogens with one attached hydrogen (secondary N) is 1. The maximum atomic E-state index is 14.2. The van der Waals surface area contributed by atoms with Crippen molar-refractivity contribution < 1.29 is 21.7 Å². The van der Waals surface area contributed by atoms with Gasteiger partial charge in [0.2, 0.25) is 0 Å². The second kappa shape index (κ2) is 9.48. The van der Waals surface area contributed by atoms with Crippen molar-refractivity contribution in [3.63, 3.8) is 0 Å². The third-order valence-electron chi connectivity index (χ3n) is 8.50. The second-order valence-electron chi connectivity index (χ2n) is 10.8. The van der Waals surface area contributed by atoms with Crippen LogP contribution in [0.1, 0.15) is 58.9 Å². The number of hydrogen-bond donors (Lipinski definition) is 1. The number of benzene rings is 3. The average molecular weight is 563 g/mol. The number of nitrogens with zero attached hydrogens (tertiary/aromatic N) is 3. The summed E-state index contributed by atoms with van der Waals surface area (Å²) in [5.74, 6) is 0. The Morgan fingerprint density at radius 3 is 2.14 bits per heavy atom. The number of fused-ring (bicyclic) bond motifs is 4. The Morgan fingerprint density at radius 1 is 0.762 bits per heavy atom. The van der Waals surface area contributed by atoms with Gasteiger partial charge in [-0.25, -0.2) is 0 Å². The number of halogens is 4. The van der Waals surface area contributed by atoms with Crippen LogP contribution >= 0.6 is 0 Å². The lowest BCUT2D eigenvalue weighted by Gasteiger charge is -2.18. The fourth-order valence-electron chi connectivity index (χ4n) is 6.49. The van der Waals surface area contributed by atoms with Gasteiger partial charge >= 0.3 is 14.8 Å². The molecule has 0 saturated heterocycles. The number of hydrogen-bond acceptors (Lipinski definition) is 1. The van der Waals surface area contributed by atoms with Crippen molar-refractivity contribution in [1.29, 1.82) is 0 Å². The molecular formula is C32H25B2F4N4-. The van der Waals surface area contributed by atoms with Crippen LogP contribution in [0.2, 0.25) is 0 Å². The Kier molecular flexibility index (Phi) is 5.94. The molecule has 42 heavy (non-hydrogen) atoms. The monoisotopic (exact) mass is 563 g/mol. The van der Waals surface area contributed by atoms with Crippen LogP contribution in [-0.2, 0) is 0 Å². The number of aromatic nitrogens is 2. The molecular weight excluding hydrogens is 538 g/mol. The van der Waals surface area contributed by atoms with Gasteiger partial charge < -0.3 is 31.2 Å². The lowest BCUT2D eigenvalue weighted by atomic mass is 9.98. The molecule has 1 N–H and O–H groups in total. The van der Waals surface area contributed by atoms with E-state index < -0.39 is 14.8 Å². The highest BCUT2D eigenvalue weighted by Crippen LogP contribution is 2.39. The molecule has 2 aliphatic heterocycles. The smallest absolute Gasteiger partial charge is 0.488 e. The average Bonchev–Trinajstić information content (AvgIpc) is 3.63. The molecule has 0 fully saturated rings. The maximum Gasteiger partial charge on any atom is 0.609 e. The number of aliphatic imine (C=N–C) groups is 1. The number of H-pyrrole nitrogens is 1. The molecule has 3 aromatic carbocycles. The zero-order valence-electron chi connectivity index (χ0n) is 23.4. The summed E-state index contributed by atoms with van der Waals surface area (Å²) < 4.78 is 59.1. The molecule has 2 aliphatic rings. The minimum absolute atomic E-state index is 0.410. The molecule has 4 heterocycles. The van der Waals surface area contributed by atoms with E-state index in [1.54, 1.807) is 26.0 Å². The molecule has 10 heteroatoms. The summed E-state index contributed by atoms with van der Waals surface area (Å²) in [5.41, 5.74) is 8.06. The lowest BCUT2D eigenvalue weighted by Crippen LogP contribution is -2.22. The maximum absolute atomic E-state index is 14.2. The zero-order chi connectivity index (χ0) is 29.4. The number of aryl methyl sites for hydroxylation is 2. The number of rotatable bonds is 4. The summed E-state index contributed by atoms with van der Waals surface area (Å²) >= 11 is 0.